The number of amides is 2. The zero-order valence-electron chi connectivity index (χ0n) is 17.7. The molecule has 0 aromatic heterocycles. The van der Waals surface area contributed by atoms with E-state index in [0.29, 0.717) is 23.7 Å². The summed E-state index contributed by atoms with van der Waals surface area (Å²) in [4.78, 5) is 24.3. The summed E-state index contributed by atoms with van der Waals surface area (Å²) < 4.78 is 5.76. The number of carbonyl (C=O) groups is 2. The molecule has 2 N–H and O–H groups in total. The highest BCUT2D eigenvalue weighted by molar-refractivity contribution is 5.94. The van der Waals surface area contributed by atoms with Crippen LogP contribution in [0.2, 0.25) is 0 Å². The van der Waals surface area contributed by atoms with Gasteiger partial charge in [-0.25, -0.2) is 0 Å². The van der Waals surface area contributed by atoms with Crippen LogP contribution in [0.4, 0.5) is 11.4 Å². The summed E-state index contributed by atoms with van der Waals surface area (Å²) in [5.74, 6) is 0.860. The number of hydrogen-bond acceptors (Lipinski definition) is 3. The van der Waals surface area contributed by atoms with E-state index in [1.807, 2.05) is 30.3 Å². The van der Waals surface area contributed by atoms with Gasteiger partial charge in [0.1, 0.15) is 5.75 Å². The van der Waals surface area contributed by atoms with E-state index in [9.17, 15) is 9.59 Å². The van der Waals surface area contributed by atoms with Crippen molar-refractivity contribution < 1.29 is 14.3 Å². The van der Waals surface area contributed by atoms with Gasteiger partial charge >= 0.3 is 0 Å². The molecule has 0 radical (unpaired) electrons. The fraction of sp³-hybridized carbons (Fsp3) is 0.417. The number of carbonyl (C=O) groups excluding carboxylic acids is 2. The second-order valence-corrected chi connectivity index (χ2v) is 7.27. The molecule has 2 aromatic rings. The summed E-state index contributed by atoms with van der Waals surface area (Å²) >= 11 is 0. The Balaban J connectivity index is 1.89. The summed E-state index contributed by atoms with van der Waals surface area (Å²) in [6, 6.07) is 15.0. The van der Waals surface area contributed by atoms with Crippen LogP contribution in [0, 0.1) is 0 Å². The number of benzene rings is 2. The molecule has 0 saturated carbocycles. The minimum Gasteiger partial charge on any atom is -0.483 e. The first-order chi connectivity index (χ1) is 14.0. The molecule has 0 bridgehead atoms. The van der Waals surface area contributed by atoms with Crippen LogP contribution in [0.25, 0.3) is 0 Å². The number of rotatable bonds is 11. The van der Waals surface area contributed by atoms with E-state index in [2.05, 4.69) is 31.4 Å². The third kappa shape index (κ3) is 7.60. The molecule has 0 heterocycles. The first-order valence-corrected chi connectivity index (χ1v) is 10.4. The van der Waals surface area contributed by atoms with Gasteiger partial charge < -0.3 is 15.4 Å². The number of anilines is 2. The second kappa shape index (κ2) is 11.9. The maximum atomic E-state index is 12.3. The first kappa shape index (κ1) is 22.5. The average molecular weight is 397 g/mol. The van der Waals surface area contributed by atoms with Crippen molar-refractivity contribution >= 4 is 23.2 Å². The average Bonchev–Trinajstić information content (AvgIpc) is 2.72. The molecule has 0 aliphatic carbocycles. The van der Waals surface area contributed by atoms with E-state index in [1.54, 1.807) is 18.2 Å². The van der Waals surface area contributed by atoms with Gasteiger partial charge in [-0.05, 0) is 48.6 Å². The van der Waals surface area contributed by atoms with Crippen molar-refractivity contribution in [3.8, 4) is 5.75 Å². The van der Waals surface area contributed by atoms with Gasteiger partial charge in [0, 0.05) is 17.8 Å². The molecule has 156 valence electrons. The molecular formula is C24H32N2O3. The predicted octanol–water partition coefficient (Wildman–Crippen LogP) is 5.74. The van der Waals surface area contributed by atoms with Gasteiger partial charge in [0.15, 0.2) is 6.61 Å². The van der Waals surface area contributed by atoms with E-state index < -0.39 is 0 Å². The monoisotopic (exact) mass is 396 g/mol. The summed E-state index contributed by atoms with van der Waals surface area (Å²) in [5.41, 5.74) is 2.41. The fourth-order valence-electron chi connectivity index (χ4n) is 3.01. The van der Waals surface area contributed by atoms with Crippen LogP contribution in [-0.4, -0.2) is 18.4 Å². The fourth-order valence-corrected chi connectivity index (χ4v) is 3.01. The van der Waals surface area contributed by atoms with Crippen LogP contribution in [0.3, 0.4) is 0 Å². The molecule has 0 fully saturated rings. The van der Waals surface area contributed by atoms with Crippen molar-refractivity contribution in [3.63, 3.8) is 0 Å². The highest BCUT2D eigenvalue weighted by atomic mass is 16.5. The van der Waals surface area contributed by atoms with Gasteiger partial charge in [0.25, 0.3) is 5.91 Å². The Morgan fingerprint density at radius 3 is 2.31 bits per heavy atom. The summed E-state index contributed by atoms with van der Waals surface area (Å²) in [6.07, 6.45) is 4.52. The van der Waals surface area contributed by atoms with Crippen LogP contribution < -0.4 is 15.4 Å². The van der Waals surface area contributed by atoms with E-state index in [4.69, 9.17) is 4.74 Å². The molecule has 5 heteroatoms. The molecule has 0 aliphatic rings. The number of unbranched alkanes of at least 4 members (excludes halogenated alkanes) is 2. The first-order valence-electron chi connectivity index (χ1n) is 10.4. The lowest BCUT2D eigenvalue weighted by atomic mass is 9.98. The molecule has 2 rings (SSSR count). The van der Waals surface area contributed by atoms with E-state index in [1.165, 1.54) is 0 Å². The summed E-state index contributed by atoms with van der Waals surface area (Å²) in [5, 5.41) is 5.70. The number of hydrogen-bond donors (Lipinski definition) is 2. The van der Waals surface area contributed by atoms with Crippen LogP contribution in [0.15, 0.2) is 48.5 Å². The second-order valence-electron chi connectivity index (χ2n) is 7.27. The van der Waals surface area contributed by atoms with Crippen molar-refractivity contribution in [3.05, 3.63) is 54.1 Å². The van der Waals surface area contributed by atoms with Crippen molar-refractivity contribution in [2.75, 3.05) is 17.2 Å². The topological polar surface area (TPSA) is 67.4 Å². The summed E-state index contributed by atoms with van der Waals surface area (Å²) in [6.45, 7) is 6.31. The smallest absolute Gasteiger partial charge is 0.262 e. The predicted molar refractivity (Wildman–Crippen MR) is 118 cm³/mol. The maximum Gasteiger partial charge on any atom is 0.262 e. The number of nitrogens with one attached hydrogen (secondary N) is 2. The SMILES string of the molecule is CCCCCC(=O)Nc1cccc(NC(=O)COc2ccccc2C(C)CC)c1. The lowest BCUT2D eigenvalue weighted by Gasteiger charge is -2.15. The van der Waals surface area contributed by atoms with Crippen LogP contribution in [0.5, 0.6) is 5.75 Å². The molecule has 0 spiro atoms. The molecule has 1 unspecified atom stereocenters. The zero-order valence-corrected chi connectivity index (χ0v) is 17.7. The molecule has 2 aromatic carbocycles. The van der Waals surface area contributed by atoms with Gasteiger partial charge in [-0.15, -0.1) is 0 Å². The quantitative estimate of drug-likeness (QED) is 0.476. The Morgan fingerprint density at radius 2 is 1.62 bits per heavy atom. The maximum absolute atomic E-state index is 12.3. The van der Waals surface area contributed by atoms with Crippen LogP contribution in [-0.2, 0) is 9.59 Å². The van der Waals surface area contributed by atoms with Crippen molar-refractivity contribution in [1.82, 2.24) is 0 Å². The van der Waals surface area contributed by atoms with Crippen molar-refractivity contribution in [1.29, 1.82) is 0 Å². The van der Waals surface area contributed by atoms with Gasteiger partial charge in [0.05, 0.1) is 0 Å². The third-order valence-corrected chi connectivity index (χ3v) is 4.86. The largest absolute Gasteiger partial charge is 0.483 e. The number of para-hydroxylation sites is 1. The molecule has 29 heavy (non-hydrogen) atoms. The molecule has 5 nitrogen and oxygen atoms in total. The van der Waals surface area contributed by atoms with Gasteiger partial charge in [-0.2, -0.15) is 0 Å². The van der Waals surface area contributed by atoms with Crippen LogP contribution in [0.1, 0.15) is 64.4 Å². The van der Waals surface area contributed by atoms with Crippen molar-refractivity contribution in [2.24, 2.45) is 0 Å². The Hall–Kier alpha value is -2.82. The summed E-state index contributed by atoms with van der Waals surface area (Å²) in [7, 11) is 0. The Bertz CT molecular complexity index is 804. The van der Waals surface area contributed by atoms with Gasteiger partial charge in [0.2, 0.25) is 5.91 Å². The van der Waals surface area contributed by atoms with Gasteiger partial charge in [-0.3, -0.25) is 9.59 Å². The van der Waals surface area contributed by atoms with Gasteiger partial charge in [-0.1, -0.05) is 57.9 Å². The highest BCUT2D eigenvalue weighted by Crippen LogP contribution is 2.28. The standard InChI is InChI=1S/C24H32N2O3/c1-4-6-7-15-23(27)25-19-11-10-12-20(16-19)26-24(28)17-29-22-14-9-8-13-21(22)18(3)5-2/h8-14,16,18H,4-7,15,17H2,1-3H3,(H,25,27)(H,26,28). The van der Waals surface area contributed by atoms with E-state index >= 15 is 0 Å². The Labute approximate surface area is 173 Å². The van der Waals surface area contributed by atoms with Crippen molar-refractivity contribution in [2.45, 2.75) is 58.8 Å². The molecule has 2 amide bonds. The molecular weight excluding hydrogens is 364 g/mol. The minimum absolute atomic E-state index is 0.00749. The third-order valence-electron chi connectivity index (χ3n) is 4.86. The highest BCUT2D eigenvalue weighted by Gasteiger charge is 2.11. The van der Waals surface area contributed by atoms with Crippen LogP contribution >= 0.6 is 0 Å². The zero-order chi connectivity index (χ0) is 21.1. The van der Waals surface area contributed by atoms with E-state index in [0.717, 1.165) is 37.0 Å². The lowest BCUT2D eigenvalue weighted by molar-refractivity contribution is -0.118. The van der Waals surface area contributed by atoms with E-state index in [-0.39, 0.29) is 18.4 Å². The normalized spacial score (nSPS) is 11.6. The molecule has 1 atom stereocenters. The molecule has 0 aliphatic heterocycles. The Morgan fingerprint density at radius 1 is 0.931 bits per heavy atom. The lowest BCUT2D eigenvalue weighted by Crippen LogP contribution is -2.21. The molecule has 0 saturated heterocycles. The number of ether oxygens (including phenoxy) is 1. The Kier molecular flexibility index (Phi) is 9.22. The minimum atomic E-state index is -0.240.